The van der Waals surface area contributed by atoms with Crippen LogP contribution in [-0.2, 0) is 16.0 Å². The van der Waals surface area contributed by atoms with Crippen LogP contribution in [0.4, 0.5) is 0 Å². The van der Waals surface area contributed by atoms with E-state index >= 15 is 0 Å². The van der Waals surface area contributed by atoms with Crippen molar-refractivity contribution < 1.29 is 9.59 Å². The maximum atomic E-state index is 12.4. The number of nitrogens with one attached hydrogen (secondary N) is 1. The molecule has 3 aromatic rings. The van der Waals surface area contributed by atoms with E-state index in [1.165, 1.54) is 18.7 Å². The number of rotatable bonds is 8. The number of ketones is 1. The number of thioether (sulfide) groups is 1. The molecule has 144 valence electrons. The molecular formula is C22H23N3O2S. The Labute approximate surface area is 169 Å². The average molecular weight is 394 g/mol. The summed E-state index contributed by atoms with van der Waals surface area (Å²) in [6.07, 6.45) is 4.09. The quantitative estimate of drug-likeness (QED) is 0.594. The zero-order valence-electron chi connectivity index (χ0n) is 16.0. The SMILES string of the molecule is CC(=O)[C@@H](Cc1ccccc1)NC(=O)CSc1nccn1-c1cccc(C)c1. The average Bonchev–Trinajstić information content (AvgIpc) is 3.15. The number of aryl methyl sites for hydroxylation is 1. The summed E-state index contributed by atoms with van der Waals surface area (Å²) in [5.41, 5.74) is 3.18. The third-order valence-corrected chi connectivity index (χ3v) is 5.29. The van der Waals surface area contributed by atoms with E-state index in [0.717, 1.165) is 22.0 Å². The Hall–Kier alpha value is -2.86. The van der Waals surface area contributed by atoms with Crippen LogP contribution in [0.2, 0.25) is 0 Å². The molecule has 1 heterocycles. The fourth-order valence-electron chi connectivity index (χ4n) is 2.88. The van der Waals surface area contributed by atoms with Gasteiger partial charge in [0.1, 0.15) is 0 Å². The summed E-state index contributed by atoms with van der Waals surface area (Å²) in [6.45, 7) is 3.54. The standard InChI is InChI=1S/C22H23N3O2S/c1-16-7-6-10-19(13-16)25-12-11-23-22(25)28-15-21(27)24-20(17(2)26)14-18-8-4-3-5-9-18/h3-13,20H,14-15H2,1-2H3,(H,24,27)/t20-/m1/s1. The first-order valence-corrected chi connectivity index (χ1v) is 10.1. The van der Waals surface area contributed by atoms with Gasteiger partial charge in [-0.05, 0) is 43.5 Å². The second-order valence-corrected chi connectivity index (χ2v) is 7.57. The summed E-state index contributed by atoms with van der Waals surface area (Å²) >= 11 is 1.35. The summed E-state index contributed by atoms with van der Waals surface area (Å²) in [5, 5.41) is 3.59. The van der Waals surface area contributed by atoms with Gasteiger partial charge < -0.3 is 5.32 Å². The van der Waals surface area contributed by atoms with Gasteiger partial charge >= 0.3 is 0 Å². The molecular weight excluding hydrogens is 370 g/mol. The minimum atomic E-state index is -0.521. The molecule has 0 aliphatic rings. The summed E-state index contributed by atoms with van der Waals surface area (Å²) in [6, 6.07) is 17.3. The van der Waals surface area contributed by atoms with E-state index in [2.05, 4.69) is 16.4 Å². The number of nitrogens with zero attached hydrogens (tertiary/aromatic N) is 2. The molecule has 0 radical (unpaired) electrons. The lowest BCUT2D eigenvalue weighted by Crippen LogP contribution is -2.42. The van der Waals surface area contributed by atoms with Crippen LogP contribution >= 0.6 is 11.8 Å². The normalized spacial score (nSPS) is 11.8. The highest BCUT2D eigenvalue weighted by atomic mass is 32.2. The molecule has 2 aromatic carbocycles. The fraction of sp³-hybridized carbons (Fsp3) is 0.227. The molecule has 0 aliphatic heterocycles. The molecule has 0 saturated carbocycles. The second kappa shape index (κ2) is 9.37. The largest absolute Gasteiger partial charge is 0.345 e. The van der Waals surface area contributed by atoms with E-state index < -0.39 is 6.04 Å². The lowest BCUT2D eigenvalue weighted by molar-refractivity contribution is -0.125. The van der Waals surface area contributed by atoms with Crippen molar-refractivity contribution in [3.05, 3.63) is 78.1 Å². The second-order valence-electron chi connectivity index (χ2n) is 6.63. The van der Waals surface area contributed by atoms with Gasteiger partial charge in [-0.1, -0.05) is 54.2 Å². The van der Waals surface area contributed by atoms with Gasteiger partial charge in [-0.2, -0.15) is 0 Å². The van der Waals surface area contributed by atoms with Crippen LogP contribution in [0.25, 0.3) is 5.69 Å². The zero-order chi connectivity index (χ0) is 19.9. The van der Waals surface area contributed by atoms with Crippen molar-refractivity contribution in [2.75, 3.05) is 5.75 Å². The molecule has 5 nitrogen and oxygen atoms in total. The molecule has 6 heteroatoms. The zero-order valence-corrected chi connectivity index (χ0v) is 16.8. The van der Waals surface area contributed by atoms with Gasteiger partial charge in [0.25, 0.3) is 0 Å². The lowest BCUT2D eigenvalue weighted by atomic mass is 10.0. The number of benzene rings is 2. The van der Waals surface area contributed by atoms with Crippen LogP contribution in [-0.4, -0.2) is 33.0 Å². The number of imidazole rings is 1. The highest BCUT2D eigenvalue weighted by Crippen LogP contribution is 2.21. The minimum Gasteiger partial charge on any atom is -0.345 e. The van der Waals surface area contributed by atoms with E-state index in [1.807, 2.05) is 66.2 Å². The van der Waals surface area contributed by atoms with Gasteiger partial charge in [0.05, 0.1) is 11.8 Å². The molecule has 0 aliphatic carbocycles. The topological polar surface area (TPSA) is 64.0 Å². The van der Waals surface area contributed by atoms with Crippen molar-refractivity contribution in [2.24, 2.45) is 0 Å². The van der Waals surface area contributed by atoms with Crippen LogP contribution in [0.3, 0.4) is 0 Å². The third-order valence-electron chi connectivity index (χ3n) is 4.33. The van der Waals surface area contributed by atoms with Crippen molar-refractivity contribution in [3.63, 3.8) is 0 Å². The predicted octanol–water partition coefficient (Wildman–Crippen LogP) is 3.59. The van der Waals surface area contributed by atoms with Gasteiger partial charge in [0.15, 0.2) is 10.9 Å². The smallest absolute Gasteiger partial charge is 0.231 e. The van der Waals surface area contributed by atoms with E-state index in [9.17, 15) is 9.59 Å². The van der Waals surface area contributed by atoms with Crippen molar-refractivity contribution in [3.8, 4) is 5.69 Å². The summed E-state index contributed by atoms with van der Waals surface area (Å²) < 4.78 is 1.96. The van der Waals surface area contributed by atoms with E-state index in [4.69, 9.17) is 0 Å². The highest BCUT2D eigenvalue weighted by Gasteiger charge is 2.18. The molecule has 3 rings (SSSR count). The fourth-order valence-corrected chi connectivity index (χ4v) is 3.67. The Morgan fingerprint density at radius 3 is 2.64 bits per heavy atom. The van der Waals surface area contributed by atoms with E-state index in [-0.39, 0.29) is 17.4 Å². The van der Waals surface area contributed by atoms with Crippen LogP contribution < -0.4 is 5.32 Å². The molecule has 1 N–H and O–H groups in total. The number of amides is 1. The molecule has 0 bridgehead atoms. The van der Waals surface area contributed by atoms with Gasteiger partial charge in [0, 0.05) is 18.1 Å². The Kier molecular flexibility index (Phi) is 6.66. The monoisotopic (exact) mass is 393 g/mol. The molecule has 0 saturated heterocycles. The number of carbonyl (C=O) groups is 2. The van der Waals surface area contributed by atoms with Crippen LogP contribution in [0.1, 0.15) is 18.1 Å². The molecule has 1 amide bonds. The first-order chi connectivity index (χ1) is 13.5. The Balaban J connectivity index is 1.61. The molecule has 0 fully saturated rings. The Morgan fingerprint density at radius 1 is 1.14 bits per heavy atom. The lowest BCUT2D eigenvalue weighted by Gasteiger charge is -2.16. The third kappa shape index (κ3) is 5.33. The minimum absolute atomic E-state index is 0.0523. The summed E-state index contributed by atoms with van der Waals surface area (Å²) in [5.74, 6) is -0.0371. The van der Waals surface area contributed by atoms with E-state index in [1.54, 1.807) is 6.20 Å². The van der Waals surface area contributed by atoms with Crippen molar-refractivity contribution >= 4 is 23.5 Å². The Bertz CT molecular complexity index is 953. The summed E-state index contributed by atoms with van der Waals surface area (Å²) in [4.78, 5) is 28.7. The molecule has 0 spiro atoms. The highest BCUT2D eigenvalue weighted by molar-refractivity contribution is 7.99. The number of hydrogen-bond donors (Lipinski definition) is 1. The van der Waals surface area contributed by atoms with Gasteiger partial charge in [-0.15, -0.1) is 0 Å². The first-order valence-electron chi connectivity index (χ1n) is 9.10. The summed E-state index contributed by atoms with van der Waals surface area (Å²) in [7, 11) is 0. The Morgan fingerprint density at radius 2 is 1.93 bits per heavy atom. The molecule has 0 unspecified atom stereocenters. The number of carbonyl (C=O) groups excluding carboxylic acids is 2. The van der Waals surface area contributed by atoms with Crippen LogP contribution in [0.5, 0.6) is 0 Å². The number of aromatic nitrogens is 2. The maximum absolute atomic E-state index is 12.4. The number of hydrogen-bond acceptors (Lipinski definition) is 4. The van der Waals surface area contributed by atoms with Gasteiger partial charge in [0.2, 0.25) is 5.91 Å². The first kappa shape index (κ1) is 19.9. The van der Waals surface area contributed by atoms with Gasteiger partial charge in [-0.3, -0.25) is 14.2 Å². The van der Waals surface area contributed by atoms with Crippen LogP contribution in [0, 0.1) is 6.92 Å². The van der Waals surface area contributed by atoms with Crippen molar-refractivity contribution in [2.45, 2.75) is 31.5 Å². The molecule has 1 atom stereocenters. The molecule has 28 heavy (non-hydrogen) atoms. The van der Waals surface area contributed by atoms with Gasteiger partial charge in [-0.25, -0.2) is 4.98 Å². The van der Waals surface area contributed by atoms with Crippen LogP contribution in [0.15, 0.2) is 72.1 Å². The van der Waals surface area contributed by atoms with E-state index in [0.29, 0.717) is 6.42 Å². The van der Waals surface area contributed by atoms with Crippen molar-refractivity contribution in [1.82, 2.24) is 14.9 Å². The van der Waals surface area contributed by atoms with Crippen molar-refractivity contribution in [1.29, 1.82) is 0 Å². The molecule has 1 aromatic heterocycles. The predicted molar refractivity (Wildman–Crippen MR) is 112 cm³/mol. The maximum Gasteiger partial charge on any atom is 0.231 e. The number of Topliss-reactive ketones (excluding diaryl/α,β-unsaturated/α-hetero) is 1.